The van der Waals surface area contributed by atoms with Crippen molar-refractivity contribution in [1.82, 2.24) is 0 Å². The van der Waals surface area contributed by atoms with Crippen LogP contribution >= 0.6 is 15.6 Å². The second kappa shape index (κ2) is 20.3. The van der Waals surface area contributed by atoms with E-state index in [-0.39, 0.29) is 33.5 Å². The van der Waals surface area contributed by atoms with Crippen LogP contribution in [0.2, 0.25) is 0 Å². The van der Waals surface area contributed by atoms with Gasteiger partial charge in [0.1, 0.15) is 23.0 Å². The molecule has 376 valence electrons. The fraction of sp³-hybridized carbons (Fsp3) is 0.586. The van der Waals surface area contributed by atoms with Crippen LogP contribution in [-0.2, 0) is 43.6 Å². The van der Waals surface area contributed by atoms with Crippen molar-refractivity contribution < 1.29 is 37.0 Å². The molecule has 2 aliphatic heterocycles. The van der Waals surface area contributed by atoms with Gasteiger partial charge in [0.25, 0.3) is 0 Å². The predicted molar refractivity (Wildman–Crippen MR) is 283 cm³/mol. The van der Waals surface area contributed by atoms with Gasteiger partial charge in [0, 0.05) is 56.3 Å². The molecular weight excluding hydrogens is 887 g/mol. The number of aryl methyl sites for hydroxylation is 2. The van der Waals surface area contributed by atoms with Gasteiger partial charge in [-0.3, -0.25) is 9.79 Å². The summed E-state index contributed by atoms with van der Waals surface area (Å²) in [6.07, 6.45) is 6.00. The lowest BCUT2D eigenvalue weighted by molar-refractivity contribution is 0.278. The van der Waals surface area contributed by atoms with E-state index in [0.717, 1.165) is 83.0 Å². The fourth-order valence-corrected chi connectivity index (χ4v) is 11.3. The first kappa shape index (κ1) is 55.4. The summed E-state index contributed by atoms with van der Waals surface area (Å²) < 4.78 is 50.4. The molecule has 68 heavy (non-hydrogen) atoms. The average Bonchev–Trinajstić information content (AvgIpc) is 3.21. The Morgan fingerprint density at radius 2 is 0.706 bits per heavy atom. The molecule has 0 aliphatic carbocycles. The molecule has 8 nitrogen and oxygen atoms in total. The molecule has 2 heterocycles. The second-order valence-corrected chi connectivity index (χ2v) is 26.6. The summed E-state index contributed by atoms with van der Waals surface area (Å²) in [7, 11) is -8.84. The monoisotopic (exact) mass is 973 g/mol. The number of phosphoric acid groups is 2. The van der Waals surface area contributed by atoms with Crippen LogP contribution in [0.25, 0.3) is 0 Å². The van der Waals surface area contributed by atoms with E-state index in [1.807, 2.05) is 0 Å². The standard InChI is InChI=1S/C30H45O4P.C28H41O4P/c1-12-18(3)21-14-23-20(5)24-15-22(19(4)13-2)17-26(30(9,10)11)28(24)34-35(31,32)33-27(23)25(16-21)29(6,7)8;1-10-12-19-14-21-18(3)22-15-20(13-11-2)17-24(28(7,8)9)26(22)32-33(29,30)31-25(21)23(16-19)27(4,5)6/h14-20H,12-13H2,1-11H3,(H,31,32);14-18H,10-13H2,1-9H3,(H,29,30). The van der Waals surface area contributed by atoms with Gasteiger partial charge in [0.15, 0.2) is 0 Å². The molecule has 4 aromatic carbocycles. The molecule has 2 atom stereocenters. The van der Waals surface area contributed by atoms with Crippen LogP contribution < -0.4 is 18.1 Å². The average molecular weight is 973 g/mol. The lowest BCUT2D eigenvalue weighted by atomic mass is 9.77. The third kappa shape index (κ3) is 12.3. The molecule has 10 heteroatoms. The van der Waals surface area contributed by atoms with Crippen LogP contribution in [-0.4, -0.2) is 9.79 Å². The van der Waals surface area contributed by atoms with Gasteiger partial charge in [0.05, 0.1) is 0 Å². The molecule has 0 aromatic heterocycles. The fourth-order valence-electron chi connectivity index (χ4n) is 9.44. The van der Waals surface area contributed by atoms with E-state index in [4.69, 9.17) is 18.1 Å². The highest BCUT2D eigenvalue weighted by atomic mass is 31.2. The molecule has 0 spiro atoms. The van der Waals surface area contributed by atoms with E-state index in [9.17, 15) is 18.9 Å². The van der Waals surface area contributed by atoms with E-state index in [2.05, 4.69) is 187 Å². The van der Waals surface area contributed by atoms with Gasteiger partial charge in [0.2, 0.25) is 0 Å². The largest absolute Gasteiger partial charge is 0.584 e. The molecule has 0 fully saturated rings. The number of phosphoric ester groups is 2. The van der Waals surface area contributed by atoms with Crippen molar-refractivity contribution in [3.05, 3.63) is 115 Å². The van der Waals surface area contributed by atoms with Gasteiger partial charge in [-0.2, -0.15) is 0 Å². The zero-order valence-corrected chi connectivity index (χ0v) is 47.2. The molecule has 4 aromatic rings. The third-order valence-corrected chi connectivity index (χ3v) is 15.7. The van der Waals surface area contributed by atoms with Crippen LogP contribution in [0.15, 0.2) is 48.5 Å². The molecule has 0 saturated carbocycles. The van der Waals surface area contributed by atoms with Crippen molar-refractivity contribution in [2.75, 3.05) is 0 Å². The highest BCUT2D eigenvalue weighted by Crippen LogP contribution is 2.59. The van der Waals surface area contributed by atoms with Crippen molar-refractivity contribution >= 4 is 15.6 Å². The van der Waals surface area contributed by atoms with Crippen molar-refractivity contribution in [3.63, 3.8) is 0 Å². The smallest absolute Gasteiger partial charge is 0.395 e. The Bertz CT molecular complexity index is 2400. The summed E-state index contributed by atoms with van der Waals surface area (Å²) in [6.45, 7) is 42.9. The molecule has 2 aliphatic rings. The van der Waals surface area contributed by atoms with Crippen molar-refractivity contribution in [1.29, 1.82) is 0 Å². The Labute approximate surface area is 411 Å². The van der Waals surface area contributed by atoms with E-state index >= 15 is 0 Å². The molecular formula is C58H86O8P2. The topological polar surface area (TPSA) is 112 Å². The van der Waals surface area contributed by atoms with Crippen LogP contribution in [0.4, 0.5) is 0 Å². The van der Waals surface area contributed by atoms with Gasteiger partial charge >= 0.3 is 15.6 Å². The zero-order valence-electron chi connectivity index (χ0n) is 45.4. The van der Waals surface area contributed by atoms with Crippen LogP contribution in [0.3, 0.4) is 0 Å². The van der Waals surface area contributed by atoms with E-state index in [1.54, 1.807) is 0 Å². The SMILES string of the molecule is CCC(C)c1cc2c(c(C(C)(C)C)c1)OP(=O)(O)Oc1c(cc(C(C)CC)cc1C(C)(C)C)C2C.CCCc1cc2c(c(C(C)(C)C)c1)OP(=O)(O)Oc1c(cc(CCC)cc1C(C)(C)C)C2C. The van der Waals surface area contributed by atoms with Gasteiger partial charge < -0.3 is 18.1 Å². The zero-order chi connectivity index (χ0) is 51.3. The summed E-state index contributed by atoms with van der Waals surface area (Å²) in [5.74, 6) is 2.56. The highest BCUT2D eigenvalue weighted by Gasteiger charge is 2.41. The number of rotatable bonds is 8. The minimum Gasteiger partial charge on any atom is -0.395 e. The van der Waals surface area contributed by atoms with Crippen molar-refractivity contribution in [2.24, 2.45) is 0 Å². The van der Waals surface area contributed by atoms with E-state index in [0.29, 0.717) is 34.8 Å². The van der Waals surface area contributed by atoms with Crippen LogP contribution in [0.5, 0.6) is 23.0 Å². The van der Waals surface area contributed by atoms with Gasteiger partial charge in [-0.15, -0.1) is 0 Å². The Hall–Kier alpha value is -3.54. The van der Waals surface area contributed by atoms with Crippen molar-refractivity contribution in [3.8, 4) is 23.0 Å². The number of fused-ring (bicyclic) bond motifs is 4. The Morgan fingerprint density at radius 3 is 0.941 bits per heavy atom. The molecule has 0 saturated heterocycles. The minimum absolute atomic E-state index is 0.0499. The maximum Gasteiger partial charge on any atom is 0.584 e. The third-order valence-electron chi connectivity index (χ3n) is 14.0. The highest BCUT2D eigenvalue weighted by molar-refractivity contribution is 7.48. The molecule has 6 rings (SSSR count). The molecule has 0 amide bonds. The Morgan fingerprint density at radius 1 is 0.456 bits per heavy atom. The number of hydrogen-bond donors (Lipinski definition) is 2. The van der Waals surface area contributed by atoms with Crippen LogP contribution in [0, 0.1) is 0 Å². The molecule has 0 radical (unpaired) electrons. The summed E-state index contributed by atoms with van der Waals surface area (Å²) in [6, 6.07) is 17.3. The summed E-state index contributed by atoms with van der Waals surface area (Å²) in [5, 5.41) is 0. The lowest BCUT2D eigenvalue weighted by Gasteiger charge is -2.34. The molecule has 2 N–H and O–H groups in total. The summed E-state index contributed by atoms with van der Waals surface area (Å²) in [5.41, 5.74) is 11.4. The first-order valence-corrected chi connectivity index (χ1v) is 28.3. The minimum atomic E-state index is -4.43. The summed E-state index contributed by atoms with van der Waals surface area (Å²) in [4.78, 5) is 21.9. The van der Waals surface area contributed by atoms with Gasteiger partial charge in [-0.05, 0) is 81.4 Å². The summed E-state index contributed by atoms with van der Waals surface area (Å²) >= 11 is 0. The maximum atomic E-state index is 13.5. The van der Waals surface area contributed by atoms with Crippen LogP contribution in [0.1, 0.15) is 255 Å². The maximum absolute atomic E-state index is 13.5. The predicted octanol–water partition coefficient (Wildman–Crippen LogP) is 17.5. The van der Waals surface area contributed by atoms with Gasteiger partial charge in [-0.25, -0.2) is 9.13 Å². The quantitative estimate of drug-likeness (QED) is 0.168. The Balaban J connectivity index is 0.000000255. The van der Waals surface area contributed by atoms with Gasteiger partial charge in [-0.1, -0.05) is 200 Å². The van der Waals surface area contributed by atoms with E-state index < -0.39 is 15.6 Å². The van der Waals surface area contributed by atoms with E-state index in [1.165, 1.54) is 22.3 Å². The molecule has 2 unspecified atom stereocenters. The number of benzene rings is 4. The first-order chi connectivity index (χ1) is 31.2. The first-order valence-electron chi connectivity index (χ1n) is 25.3. The number of hydrogen-bond acceptors (Lipinski definition) is 6. The normalized spacial score (nSPS) is 21.4. The lowest BCUT2D eigenvalue weighted by Crippen LogP contribution is -2.21. The second-order valence-electron chi connectivity index (χ2n) is 24.0. The van der Waals surface area contributed by atoms with Crippen molar-refractivity contribution in [2.45, 2.75) is 222 Å². The molecule has 0 bridgehead atoms. The Kier molecular flexibility index (Phi) is 16.5.